The maximum atomic E-state index is 12.3. The Morgan fingerprint density at radius 1 is 1.35 bits per heavy atom. The molecule has 0 saturated carbocycles. The molecule has 1 atom stereocenters. The number of nitrogens with zero attached hydrogens (tertiary/aromatic N) is 1. The lowest BCUT2D eigenvalue weighted by Gasteiger charge is -2.32. The summed E-state index contributed by atoms with van der Waals surface area (Å²) in [6, 6.07) is 2.31. The summed E-state index contributed by atoms with van der Waals surface area (Å²) >= 11 is 0. The number of piperidine rings is 1. The molecule has 23 heavy (non-hydrogen) atoms. The van der Waals surface area contributed by atoms with Crippen molar-refractivity contribution < 1.29 is 9.21 Å². The number of hydrogen-bond donors (Lipinski definition) is 1. The maximum Gasteiger partial charge on any atom is 0.257 e. The van der Waals surface area contributed by atoms with Crippen molar-refractivity contribution in [1.29, 1.82) is 0 Å². The van der Waals surface area contributed by atoms with Crippen molar-refractivity contribution in [3.63, 3.8) is 0 Å². The van der Waals surface area contributed by atoms with Gasteiger partial charge in [0.1, 0.15) is 6.26 Å². The number of amides is 1. The number of hydrogen-bond acceptors (Lipinski definition) is 3. The molecule has 1 fully saturated rings. The zero-order valence-electron chi connectivity index (χ0n) is 14.7. The highest BCUT2D eigenvalue weighted by Crippen LogP contribution is 2.17. The topological polar surface area (TPSA) is 45.5 Å². The van der Waals surface area contributed by atoms with E-state index in [2.05, 4.69) is 19.2 Å². The molecule has 1 aliphatic heterocycles. The van der Waals surface area contributed by atoms with Gasteiger partial charge in [-0.05, 0) is 37.8 Å². The molecule has 1 amide bonds. The van der Waals surface area contributed by atoms with Crippen molar-refractivity contribution in [3.05, 3.63) is 24.2 Å². The van der Waals surface area contributed by atoms with E-state index in [0.717, 1.165) is 38.4 Å². The van der Waals surface area contributed by atoms with Crippen molar-refractivity contribution in [1.82, 2.24) is 10.2 Å². The van der Waals surface area contributed by atoms with Crippen molar-refractivity contribution in [2.75, 3.05) is 19.6 Å². The van der Waals surface area contributed by atoms with Crippen LogP contribution in [0.2, 0.25) is 0 Å². The second-order valence-electron chi connectivity index (χ2n) is 6.74. The SMILES string of the molecule is CCCC[C@H](CC)CCNC1CCN(C(=O)c2ccoc2)CC1. The van der Waals surface area contributed by atoms with E-state index in [0.29, 0.717) is 11.6 Å². The van der Waals surface area contributed by atoms with Gasteiger partial charge in [0.2, 0.25) is 0 Å². The number of carbonyl (C=O) groups is 1. The van der Waals surface area contributed by atoms with Crippen LogP contribution in [0.4, 0.5) is 0 Å². The fourth-order valence-corrected chi connectivity index (χ4v) is 3.39. The molecule has 1 saturated heterocycles. The summed E-state index contributed by atoms with van der Waals surface area (Å²) < 4.78 is 5.00. The van der Waals surface area contributed by atoms with E-state index in [4.69, 9.17) is 4.42 Å². The third-order valence-electron chi connectivity index (χ3n) is 5.08. The van der Waals surface area contributed by atoms with E-state index < -0.39 is 0 Å². The van der Waals surface area contributed by atoms with E-state index >= 15 is 0 Å². The molecule has 1 N–H and O–H groups in total. The summed E-state index contributed by atoms with van der Waals surface area (Å²) in [6.07, 6.45) is 11.8. The van der Waals surface area contributed by atoms with Crippen LogP contribution >= 0.6 is 0 Å². The number of rotatable bonds is 9. The maximum absolute atomic E-state index is 12.3. The predicted molar refractivity (Wildman–Crippen MR) is 93.6 cm³/mol. The number of furan rings is 1. The third-order valence-corrected chi connectivity index (χ3v) is 5.08. The fraction of sp³-hybridized carbons (Fsp3) is 0.737. The quantitative estimate of drug-likeness (QED) is 0.745. The largest absolute Gasteiger partial charge is 0.472 e. The molecule has 0 aromatic carbocycles. The Kier molecular flexibility index (Phi) is 7.66. The summed E-state index contributed by atoms with van der Waals surface area (Å²) in [5.74, 6) is 0.966. The van der Waals surface area contributed by atoms with E-state index in [1.54, 1.807) is 12.3 Å². The van der Waals surface area contributed by atoms with E-state index in [1.807, 2.05) is 4.90 Å². The molecule has 0 aliphatic carbocycles. The lowest BCUT2D eigenvalue weighted by atomic mass is 9.95. The molecule has 4 nitrogen and oxygen atoms in total. The minimum atomic E-state index is 0.0998. The zero-order chi connectivity index (χ0) is 16.5. The van der Waals surface area contributed by atoms with E-state index in [-0.39, 0.29) is 5.91 Å². The minimum Gasteiger partial charge on any atom is -0.472 e. The lowest BCUT2D eigenvalue weighted by Crippen LogP contribution is -2.45. The summed E-state index contributed by atoms with van der Waals surface area (Å²) in [4.78, 5) is 14.2. The Hall–Kier alpha value is -1.29. The van der Waals surface area contributed by atoms with Crippen molar-refractivity contribution in [2.45, 2.75) is 64.8 Å². The van der Waals surface area contributed by atoms with Gasteiger partial charge in [0, 0.05) is 19.1 Å². The normalized spacial score (nSPS) is 17.4. The Bertz CT molecular complexity index is 436. The Morgan fingerprint density at radius 2 is 2.13 bits per heavy atom. The monoisotopic (exact) mass is 320 g/mol. The number of nitrogens with one attached hydrogen (secondary N) is 1. The predicted octanol–water partition coefficient (Wildman–Crippen LogP) is 4.08. The van der Waals surface area contributed by atoms with Crippen LogP contribution in [0.15, 0.2) is 23.0 Å². The minimum absolute atomic E-state index is 0.0998. The molecule has 2 heterocycles. The van der Waals surface area contributed by atoms with Gasteiger partial charge in [0.25, 0.3) is 5.91 Å². The van der Waals surface area contributed by atoms with Crippen LogP contribution in [0.25, 0.3) is 0 Å². The second kappa shape index (κ2) is 9.76. The smallest absolute Gasteiger partial charge is 0.257 e. The summed E-state index contributed by atoms with van der Waals surface area (Å²) in [7, 11) is 0. The molecule has 0 bridgehead atoms. The van der Waals surface area contributed by atoms with Crippen LogP contribution in [-0.4, -0.2) is 36.5 Å². The van der Waals surface area contributed by atoms with E-state index in [9.17, 15) is 4.79 Å². The van der Waals surface area contributed by atoms with Gasteiger partial charge in [0.05, 0.1) is 11.8 Å². The van der Waals surface area contributed by atoms with Gasteiger partial charge in [-0.25, -0.2) is 0 Å². The van der Waals surface area contributed by atoms with Crippen molar-refractivity contribution in [2.24, 2.45) is 5.92 Å². The molecule has 4 heteroatoms. The Labute approximate surface area is 140 Å². The first kappa shape index (κ1) is 18.1. The molecule has 130 valence electrons. The molecule has 0 unspecified atom stereocenters. The molecule has 0 radical (unpaired) electrons. The van der Waals surface area contributed by atoms with Gasteiger partial charge >= 0.3 is 0 Å². The highest BCUT2D eigenvalue weighted by atomic mass is 16.3. The highest BCUT2D eigenvalue weighted by molar-refractivity contribution is 5.93. The highest BCUT2D eigenvalue weighted by Gasteiger charge is 2.23. The van der Waals surface area contributed by atoms with Gasteiger partial charge in [0.15, 0.2) is 0 Å². The van der Waals surface area contributed by atoms with E-state index in [1.165, 1.54) is 38.4 Å². The average Bonchev–Trinajstić information content (AvgIpc) is 3.12. The van der Waals surface area contributed by atoms with Gasteiger partial charge in [-0.15, -0.1) is 0 Å². The van der Waals surface area contributed by atoms with Gasteiger partial charge in [-0.2, -0.15) is 0 Å². The molecule has 1 aliphatic rings. The van der Waals surface area contributed by atoms with Gasteiger partial charge in [-0.1, -0.05) is 39.5 Å². The van der Waals surface area contributed by atoms with Crippen LogP contribution in [0.1, 0.15) is 69.2 Å². The lowest BCUT2D eigenvalue weighted by molar-refractivity contribution is 0.0704. The summed E-state index contributed by atoms with van der Waals surface area (Å²) in [6.45, 7) is 7.37. The first-order valence-corrected chi connectivity index (χ1v) is 9.29. The Balaban J connectivity index is 1.64. The second-order valence-corrected chi connectivity index (χ2v) is 6.74. The molecular weight excluding hydrogens is 288 g/mol. The third kappa shape index (κ3) is 5.69. The number of likely N-dealkylation sites (tertiary alicyclic amines) is 1. The zero-order valence-corrected chi connectivity index (χ0v) is 14.7. The molecule has 1 aromatic rings. The molecule has 1 aromatic heterocycles. The standard InChI is InChI=1S/C19H32N2O2/c1-3-5-6-16(4-2)7-11-20-18-8-12-21(13-9-18)19(22)17-10-14-23-15-17/h10,14-16,18,20H,3-9,11-13H2,1-2H3/t16-/m0/s1. The van der Waals surface area contributed by atoms with Crippen LogP contribution in [0, 0.1) is 5.92 Å². The van der Waals surface area contributed by atoms with Crippen LogP contribution in [0.3, 0.4) is 0 Å². The van der Waals surface area contributed by atoms with Crippen LogP contribution < -0.4 is 5.32 Å². The average molecular weight is 320 g/mol. The molecular formula is C19H32N2O2. The van der Waals surface area contributed by atoms with Crippen molar-refractivity contribution in [3.8, 4) is 0 Å². The first-order chi connectivity index (χ1) is 11.2. The van der Waals surface area contributed by atoms with Gasteiger partial charge in [-0.3, -0.25) is 4.79 Å². The van der Waals surface area contributed by atoms with Crippen LogP contribution in [-0.2, 0) is 0 Å². The number of carbonyl (C=O) groups excluding carboxylic acids is 1. The molecule has 0 spiro atoms. The molecule has 2 rings (SSSR count). The van der Waals surface area contributed by atoms with Gasteiger partial charge < -0.3 is 14.6 Å². The van der Waals surface area contributed by atoms with Crippen molar-refractivity contribution >= 4 is 5.91 Å². The number of unbranched alkanes of at least 4 members (excludes halogenated alkanes) is 1. The Morgan fingerprint density at radius 3 is 2.74 bits per heavy atom. The fourth-order valence-electron chi connectivity index (χ4n) is 3.39. The van der Waals surface area contributed by atoms with Crippen LogP contribution in [0.5, 0.6) is 0 Å². The first-order valence-electron chi connectivity index (χ1n) is 9.29. The summed E-state index contributed by atoms with van der Waals surface area (Å²) in [5.41, 5.74) is 0.665. The summed E-state index contributed by atoms with van der Waals surface area (Å²) in [5, 5.41) is 3.70.